The average Bonchev–Trinajstić information content (AvgIpc) is 4.23. The summed E-state index contributed by atoms with van der Waals surface area (Å²) >= 11 is 2.36. The highest BCUT2D eigenvalue weighted by Crippen LogP contribution is 2.44. The quantitative estimate of drug-likeness (QED) is 0.0936. The molecule has 2 saturated carbocycles. The van der Waals surface area contributed by atoms with Gasteiger partial charge in [0, 0.05) is 61.2 Å². The van der Waals surface area contributed by atoms with Crippen molar-refractivity contribution in [1.82, 2.24) is 40.2 Å². The van der Waals surface area contributed by atoms with E-state index >= 15 is 0 Å². The molecule has 1 radical (unpaired) electrons. The van der Waals surface area contributed by atoms with E-state index in [2.05, 4.69) is 90.3 Å². The number of hydrogen-bond acceptors (Lipinski definition) is 10. The fourth-order valence-electron chi connectivity index (χ4n) is 8.42. The van der Waals surface area contributed by atoms with Crippen LogP contribution in [0.25, 0.3) is 78.0 Å². The first-order chi connectivity index (χ1) is 32.2. The number of aromatic amines is 2. The van der Waals surface area contributed by atoms with Crippen LogP contribution in [0.1, 0.15) is 72.1 Å². The third-order valence-corrected chi connectivity index (χ3v) is 12.7. The third kappa shape index (κ3) is 8.90. The number of pyridine rings is 2. The number of benzene rings is 4. The molecule has 0 atom stereocenters. The van der Waals surface area contributed by atoms with E-state index < -0.39 is 0 Å². The molecule has 66 heavy (non-hydrogen) atoms. The van der Waals surface area contributed by atoms with Gasteiger partial charge in [-0.05, 0) is 130 Å². The van der Waals surface area contributed by atoms with Crippen LogP contribution < -0.4 is 4.65 Å². The van der Waals surface area contributed by atoms with Gasteiger partial charge in [-0.25, -0.2) is 9.97 Å². The first kappa shape index (κ1) is 43.0. The molecular formula is C52H45BIN8O4. The molecule has 3 N–H and O–H groups in total. The van der Waals surface area contributed by atoms with Crippen LogP contribution in [0.4, 0.5) is 0 Å². The van der Waals surface area contributed by atoms with Crippen molar-refractivity contribution in [2.75, 3.05) is 0 Å². The number of fused-ring (bicyclic) bond motifs is 2. The zero-order valence-electron chi connectivity index (χ0n) is 36.8. The standard InChI is InChI=1S/C26H22N4O.C15H14IN3O.C11H9BNO2/c1-15-23(16(2)31-30-15)19-13-21(25-22(14-19)28-26(29-25)18-10-11-18)20-9-6-12-27-24(20)17-7-4-3-5-8-17;1-7-13(8(2)20-19-7)10-5-11(16)14-12(6-10)17-15(18-14)9-3-4-9;14-12-15-10-7-4-8-13-11(10)9-5-2-1-3-6-9/h3-9,12-14,18H,10-11H2,1-2H3,(H,28,29);5-6,9H,3-4H2,1-2H3,(H,17,18);1-8,14H. The molecule has 0 bridgehead atoms. The zero-order valence-corrected chi connectivity index (χ0v) is 39.0. The Labute approximate surface area is 395 Å². The highest BCUT2D eigenvalue weighted by atomic mass is 127. The highest BCUT2D eigenvalue weighted by Gasteiger charge is 2.29. The number of nitrogens with one attached hydrogen (secondary N) is 2. The van der Waals surface area contributed by atoms with Crippen LogP contribution in [-0.4, -0.2) is 52.9 Å². The number of nitrogens with zero attached hydrogens (tertiary/aromatic N) is 6. The first-order valence-corrected chi connectivity index (χ1v) is 23.0. The number of rotatable bonds is 9. The smallest absolute Gasteiger partial charge is 0.536 e. The highest BCUT2D eigenvalue weighted by molar-refractivity contribution is 14.1. The minimum Gasteiger partial charge on any atom is -0.536 e. The van der Waals surface area contributed by atoms with Crippen molar-refractivity contribution in [2.45, 2.75) is 65.2 Å². The molecule has 0 saturated heterocycles. The Hall–Kier alpha value is -6.91. The Bertz CT molecular complexity index is 3280. The second-order valence-electron chi connectivity index (χ2n) is 16.7. The molecule has 0 unspecified atom stereocenters. The van der Waals surface area contributed by atoms with Gasteiger partial charge in [-0.3, -0.25) is 9.97 Å². The van der Waals surface area contributed by atoms with Crippen molar-refractivity contribution < 1.29 is 18.7 Å². The van der Waals surface area contributed by atoms with Gasteiger partial charge < -0.3 is 28.7 Å². The summed E-state index contributed by atoms with van der Waals surface area (Å²) in [5.74, 6) is 5.61. The van der Waals surface area contributed by atoms with Gasteiger partial charge in [0.1, 0.15) is 40.1 Å². The molecular weight excluding hydrogens is 938 g/mol. The maximum atomic E-state index is 8.62. The molecule has 6 heterocycles. The second-order valence-corrected chi connectivity index (χ2v) is 17.8. The summed E-state index contributed by atoms with van der Waals surface area (Å²) in [6.07, 6.45) is 8.45. The normalized spacial score (nSPS) is 13.2. The minimum absolute atomic E-state index is 0.534. The Kier molecular flexibility index (Phi) is 12.1. The Morgan fingerprint density at radius 1 is 0.591 bits per heavy atom. The van der Waals surface area contributed by atoms with Crippen LogP contribution in [0.2, 0.25) is 0 Å². The Balaban J connectivity index is 0.000000126. The number of aromatic nitrogens is 8. The number of aryl methyl sites for hydroxylation is 4. The predicted octanol–water partition coefficient (Wildman–Crippen LogP) is 12.4. The molecule has 14 heteroatoms. The lowest BCUT2D eigenvalue weighted by Crippen LogP contribution is -2.01. The molecule has 2 fully saturated rings. The zero-order chi connectivity index (χ0) is 45.3. The molecule has 327 valence electrons. The van der Waals surface area contributed by atoms with Crippen molar-refractivity contribution in [3.63, 3.8) is 0 Å². The van der Waals surface area contributed by atoms with Gasteiger partial charge in [-0.1, -0.05) is 77.0 Å². The van der Waals surface area contributed by atoms with Crippen molar-refractivity contribution in [1.29, 1.82) is 0 Å². The van der Waals surface area contributed by atoms with E-state index in [0.29, 0.717) is 31.0 Å². The summed E-state index contributed by atoms with van der Waals surface area (Å²) in [6.45, 7) is 7.87. The van der Waals surface area contributed by atoms with Gasteiger partial charge in [0.2, 0.25) is 0 Å². The van der Waals surface area contributed by atoms with Crippen molar-refractivity contribution in [2.24, 2.45) is 0 Å². The van der Waals surface area contributed by atoms with E-state index in [1.54, 1.807) is 18.3 Å². The Morgan fingerprint density at radius 2 is 1.11 bits per heavy atom. The van der Waals surface area contributed by atoms with Crippen molar-refractivity contribution in [3.05, 3.63) is 160 Å². The van der Waals surface area contributed by atoms with E-state index in [1.165, 1.54) is 29.3 Å². The number of hydrogen-bond donors (Lipinski definition) is 3. The SMILES string of the molecule is Cc1noc(C)c1-c1cc(-c2cccnc2-c2ccccc2)c2nc(C3CC3)[nH]c2c1.Cc1noc(C)c1-c1cc(I)c2nc(C3CC3)[nH]c2c1.O[B]Oc1cccnc1-c1ccccc1. The lowest BCUT2D eigenvalue weighted by atomic mass is 9.94. The molecule has 12 rings (SSSR count). The molecule has 0 spiro atoms. The summed E-state index contributed by atoms with van der Waals surface area (Å²) in [5, 5.41) is 16.8. The molecule has 0 aliphatic heterocycles. The molecule has 2 aliphatic carbocycles. The third-order valence-electron chi connectivity index (χ3n) is 11.9. The molecule has 12 nitrogen and oxygen atoms in total. The number of imidazole rings is 2. The van der Waals surface area contributed by atoms with Gasteiger partial charge in [0.15, 0.2) is 0 Å². The summed E-state index contributed by atoms with van der Waals surface area (Å²) in [7, 11) is 0.656. The minimum atomic E-state index is 0.534. The van der Waals surface area contributed by atoms with Crippen LogP contribution in [0, 0.1) is 31.3 Å². The fraction of sp³-hybridized carbons (Fsp3) is 0.192. The van der Waals surface area contributed by atoms with Gasteiger partial charge >= 0.3 is 7.69 Å². The number of halogens is 1. The fourth-order valence-corrected chi connectivity index (χ4v) is 9.17. The molecule has 0 amide bonds. The lowest BCUT2D eigenvalue weighted by molar-refractivity contribution is 0.393. The maximum Gasteiger partial charge on any atom is 0.569 e. The van der Waals surface area contributed by atoms with Crippen LogP contribution in [0.15, 0.2) is 131 Å². The van der Waals surface area contributed by atoms with E-state index in [0.717, 1.165) is 107 Å². The van der Waals surface area contributed by atoms with E-state index in [1.807, 2.05) is 88.5 Å². The van der Waals surface area contributed by atoms with Gasteiger partial charge in [-0.15, -0.1) is 0 Å². The van der Waals surface area contributed by atoms with E-state index in [-0.39, 0.29) is 0 Å². The molecule has 2 aliphatic rings. The Morgan fingerprint density at radius 3 is 1.65 bits per heavy atom. The van der Waals surface area contributed by atoms with E-state index in [4.69, 9.17) is 33.7 Å². The molecule has 6 aromatic heterocycles. The summed E-state index contributed by atoms with van der Waals surface area (Å²) in [6, 6.07) is 36.3. The monoisotopic (exact) mass is 983 g/mol. The van der Waals surface area contributed by atoms with Gasteiger partial charge in [0.05, 0.1) is 33.6 Å². The van der Waals surface area contributed by atoms with E-state index in [9.17, 15) is 0 Å². The molecule has 10 aromatic rings. The molecule has 4 aromatic carbocycles. The second kappa shape index (κ2) is 18.5. The van der Waals surface area contributed by atoms with Crippen molar-refractivity contribution in [3.8, 4) is 61.6 Å². The first-order valence-electron chi connectivity index (χ1n) is 22.0. The predicted molar refractivity (Wildman–Crippen MR) is 266 cm³/mol. The van der Waals surface area contributed by atoms with Crippen LogP contribution in [0.3, 0.4) is 0 Å². The lowest BCUT2D eigenvalue weighted by Gasteiger charge is -2.12. The van der Waals surface area contributed by atoms with Gasteiger partial charge in [-0.2, -0.15) is 0 Å². The maximum absolute atomic E-state index is 8.62. The van der Waals surface area contributed by atoms with Crippen molar-refractivity contribution >= 4 is 52.3 Å². The number of H-pyrrole nitrogens is 2. The summed E-state index contributed by atoms with van der Waals surface area (Å²) in [4.78, 5) is 25.8. The average molecular weight is 984 g/mol. The van der Waals surface area contributed by atoms with Crippen LogP contribution >= 0.6 is 22.6 Å². The van der Waals surface area contributed by atoms with Crippen LogP contribution in [-0.2, 0) is 0 Å². The summed E-state index contributed by atoms with van der Waals surface area (Å²) < 4.78 is 16.9. The topological polar surface area (TPSA) is 165 Å². The summed E-state index contributed by atoms with van der Waals surface area (Å²) in [5.41, 5.74) is 16.2. The van der Waals surface area contributed by atoms with Crippen LogP contribution in [0.5, 0.6) is 5.75 Å². The van der Waals surface area contributed by atoms with Gasteiger partial charge in [0.25, 0.3) is 0 Å². The largest absolute Gasteiger partial charge is 0.569 e.